The molecule has 0 aliphatic carbocycles. The number of carbonyl (C=O) groups is 2. The molecule has 6 nitrogen and oxygen atoms in total. The third-order valence-corrected chi connectivity index (χ3v) is 5.82. The minimum atomic E-state index is -0.294. The average molecular weight is 467 g/mol. The van der Waals surface area contributed by atoms with Crippen molar-refractivity contribution in [3.8, 4) is 16.9 Å². The molecular weight excluding hydrogens is 436 g/mol. The standard InChI is InChI=1S/C29H30N4O2/c1-4-28(35)32(18-23-8-6-5-7-9-23)20-27(34)31-29-30-26(24-14-10-21(2)11-15-24)19-33(29)25-16-12-22(3)13-17-25/h5-17,19H,4,18,20H2,1-3H3,(H,30,31,34). The van der Waals surface area contributed by atoms with Gasteiger partial charge in [0.1, 0.15) is 6.54 Å². The van der Waals surface area contributed by atoms with E-state index < -0.39 is 0 Å². The normalized spacial score (nSPS) is 10.7. The summed E-state index contributed by atoms with van der Waals surface area (Å²) in [6.45, 7) is 6.20. The number of hydrogen-bond acceptors (Lipinski definition) is 3. The van der Waals surface area contributed by atoms with E-state index in [4.69, 9.17) is 4.98 Å². The number of nitrogens with zero attached hydrogens (tertiary/aromatic N) is 3. The highest BCUT2D eigenvalue weighted by atomic mass is 16.2. The Morgan fingerprint density at radius 3 is 2.14 bits per heavy atom. The van der Waals surface area contributed by atoms with Gasteiger partial charge >= 0.3 is 0 Å². The van der Waals surface area contributed by atoms with Gasteiger partial charge in [-0.05, 0) is 31.5 Å². The molecule has 0 bridgehead atoms. The third kappa shape index (κ3) is 6.03. The number of rotatable bonds is 8. The number of hydrogen-bond donors (Lipinski definition) is 1. The number of nitrogens with one attached hydrogen (secondary N) is 1. The summed E-state index contributed by atoms with van der Waals surface area (Å²) >= 11 is 0. The SMILES string of the molecule is CCC(=O)N(CC(=O)Nc1nc(-c2ccc(C)cc2)cn1-c1ccc(C)cc1)Cc1ccccc1. The molecule has 2 amide bonds. The summed E-state index contributed by atoms with van der Waals surface area (Å²) in [6.07, 6.45) is 2.25. The molecule has 0 aliphatic heterocycles. The highest BCUT2D eigenvalue weighted by Gasteiger charge is 2.19. The van der Waals surface area contributed by atoms with E-state index in [0.717, 1.165) is 28.1 Å². The first-order valence-corrected chi connectivity index (χ1v) is 11.8. The van der Waals surface area contributed by atoms with Crippen LogP contribution in [0.4, 0.5) is 5.95 Å². The average Bonchev–Trinajstić information content (AvgIpc) is 3.28. The summed E-state index contributed by atoms with van der Waals surface area (Å²) in [4.78, 5) is 32.0. The summed E-state index contributed by atoms with van der Waals surface area (Å²) in [5.41, 5.74) is 5.90. The third-order valence-electron chi connectivity index (χ3n) is 5.82. The lowest BCUT2D eigenvalue weighted by Crippen LogP contribution is -2.37. The van der Waals surface area contributed by atoms with E-state index in [-0.39, 0.29) is 18.4 Å². The molecule has 0 spiro atoms. The van der Waals surface area contributed by atoms with E-state index in [1.165, 1.54) is 5.56 Å². The van der Waals surface area contributed by atoms with E-state index in [1.54, 1.807) is 11.8 Å². The van der Waals surface area contributed by atoms with Crippen molar-refractivity contribution in [3.05, 3.63) is 102 Å². The second-order valence-corrected chi connectivity index (χ2v) is 8.66. The van der Waals surface area contributed by atoms with Gasteiger partial charge in [0.05, 0.1) is 5.69 Å². The Morgan fingerprint density at radius 2 is 1.51 bits per heavy atom. The van der Waals surface area contributed by atoms with Crippen molar-refractivity contribution in [1.82, 2.24) is 14.5 Å². The Kier molecular flexibility index (Phi) is 7.41. The van der Waals surface area contributed by atoms with Gasteiger partial charge in [-0.3, -0.25) is 19.5 Å². The van der Waals surface area contributed by atoms with Crippen molar-refractivity contribution >= 4 is 17.8 Å². The van der Waals surface area contributed by atoms with Crippen LogP contribution in [0.1, 0.15) is 30.0 Å². The Labute approximate surface area is 206 Å². The Balaban J connectivity index is 1.60. The zero-order chi connectivity index (χ0) is 24.8. The summed E-state index contributed by atoms with van der Waals surface area (Å²) < 4.78 is 1.87. The fourth-order valence-electron chi connectivity index (χ4n) is 3.83. The monoisotopic (exact) mass is 466 g/mol. The van der Waals surface area contributed by atoms with Gasteiger partial charge in [0.2, 0.25) is 17.8 Å². The Bertz CT molecular complexity index is 1290. The fourth-order valence-corrected chi connectivity index (χ4v) is 3.83. The quantitative estimate of drug-likeness (QED) is 0.371. The highest BCUT2D eigenvalue weighted by molar-refractivity contribution is 5.93. The molecule has 0 unspecified atom stereocenters. The zero-order valence-electron chi connectivity index (χ0n) is 20.4. The minimum Gasteiger partial charge on any atom is -0.329 e. The summed E-state index contributed by atoms with van der Waals surface area (Å²) in [5, 5.41) is 2.94. The molecule has 0 saturated carbocycles. The van der Waals surface area contributed by atoms with Crippen molar-refractivity contribution in [1.29, 1.82) is 0 Å². The van der Waals surface area contributed by atoms with Crippen LogP contribution >= 0.6 is 0 Å². The van der Waals surface area contributed by atoms with Crippen molar-refractivity contribution in [2.45, 2.75) is 33.7 Å². The first-order valence-electron chi connectivity index (χ1n) is 11.8. The van der Waals surface area contributed by atoms with E-state index in [0.29, 0.717) is 18.9 Å². The summed E-state index contributed by atoms with van der Waals surface area (Å²) in [7, 11) is 0. The molecule has 0 radical (unpaired) electrons. The van der Waals surface area contributed by atoms with Gasteiger partial charge in [0, 0.05) is 30.4 Å². The number of imidazole rings is 1. The molecule has 4 aromatic rings. The van der Waals surface area contributed by atoms with E-state index in [9.17, 15) is 9.59 Å². The van der Waals surface area contributed by atoms with E-state index in [1.807, 2.05) is 103 Å². The van der Waals surface area contributed by atoms with Crippen LogP contribution in [0.25, 0.3) is 16.9 Å². The van der Waals surface area contributed by atoms with Gasteiger partial charge in [-0.25, -0.2) is 4.98 Å². The number of aryl methyl sites for hydroxylation is 2. The van der Waals surface area contributed by atoms with Crippen LogP contribution in [0, 0.1) is 13.8 Å². The molecule has 0 fully saturated rings. The van der Waals surface area contributed by atoms with Crippen LogP contribution < -0.4 is 5.32 Å². The molecule has 0 atom stereocenters. The van der Waals surface area contributed by atoms with Crippen molar-refractivity contribution < 1.29 is 9.59 Å². The van der Waals surface area contributed by atoms with Crippen LogP contribution in [0.15, 0.2) is 85.1 Å². The van der Waals surface area contributed by atoms with E-state index in [2.05, 4.69) is 5.32 Å². The predicted molar refractivity (Wildman–Crippen MR) is 139 cm³/mol. The fraction of sp³-hybridized carbons (Fsp3) is 0.207. The molecule has 1 heterocycles. The maximum atomic E-state index is 13.1. The number of carbonyl (C=O) groups excluding carboxylic acids is 2. The lowest BCUT2D eigenvalue weighted by atomic mass is 10.1. The van der Waals surface area contributed by atoms with Gasteiger partial charge < -0.3 is 4.90 Å². The van der Waals surface area contributed by atoms with Crippen molar-refractivity contribution in [2.24, 2.45) is 0 Å². The number of amides is 2. The van der Waals surface area contributed by atoms with Crippen molar-refractivity contribution in [3.63, 3.8) is 0 Å². The van der Waals surface area contributed by atoms with Crippen LogP contribution in [0.5, 0.6) is 0 Å². The topological polar surface area (TPSA) is 67.2 Å². The minimum absolute atomic E-state index is 0.0534. The van der Waals surface area contributed by atoms with Gasteiger partial charge in [-0.2, -0.15) is 0 Å². The smallest absolute Gasteiger partial charge is 0.246 e. The molecule has 178 valence electrons. The predicted octanol–water partition coefficient (Wildman–Crippen LogP) is 5.53. The maximum absolute atomic E-state index is 13.1. The zero-order valence-corrected chi connectivity index (χ0v) is 20.4. The molecule has 6 heteroatoms. The van der Waals surface area contributed by atoms with Crippen LogP contribution in [-0.4, -0.2) is 32.8 Å². The van der Waals surface area contributed by atoms with Crippen LogP contribution in [0.3, 0.4) is 0 Å². The van der Waals surface area contributed by atoms with Crippen molar-refractivity contribution in [2.75, 3.05) is 11.9 Å². The first-order chi connectivity index (χ1) is 16.9. The molecule has 4 rings (SSSR count). The molecular formula is C29H30N4O2. The summed E-state index contributed by atoms with van der Waals surface area (Å²) in [5.74, 6) is 0.0430. The van der Waals surface area contributed by atoms with Gasteiger partial charge in [0.25, 0.3) is 0 Å². The van der Waals surface area contributed by atoms with Gasteiger partial charge in [-0.15, -0.1) is 0 Å². The second kappa shape index (κ2) is 10.8. The van der Waals surface area contributed by atoms with Crippen LogP contribution in [-0.2, 0) is 16.1 Å². The number of aromatic nitrogens is 2. The maximum Gasteiger partial charge on any atom is 0.246 e. The van der Waals surface area contributed by atoms with Gasteiger partial charge in [0.15, 0.2) is 0 Å². The largest absolute Gasteiger partial charge is 0.329 e. The number of anilines is 1. The highest BCUT2D eigenvalue weighted by Crippen LogP contribution is 2.25. The lowest BCUT2D eigenvalue weighted by molar-refractivity contribution is -0.135. The summed E-state index contributed by atoms with van der Waals surface area (Å²) in [6, 6.07) is 25.8. The Morgan fingerprint density at radius 1 is 0.886 bits per heavy atom. The molecule has 1 aromatic heterocycles. The van der Waals surface area contributed by atoms with E-state index >= 15 is 0 Å². The lowest BCUT2D eigenvalue weighted by Gasteiger charge is -2.22. The second-order valence-electron chi connectivity index (χ2n) is 8.66. The molecule has 0 saturated heterocycles. The van der Waals surface area contributed by atoms with Crippen LogP contribution in [0.2, 0.25) is 0 Å². The Hall–Kier alpha value is -4.19. The molecule has 0 aliphatic rings. The molecule has 1 N–H and O–H groups in total. The molecule has 35 heavy (non-hydrogen) atoms. The van der Waals surface area contributed by atoms with Gasteiger partial charge in [-0.1, -0.05) is 84.8 Å². The number of benzene rings is 3. The first kappa shape index (κ1) is 24.0. The molecule has 3 aromatic carbocycles.